The van der Waals surface area contributed by atoms with Crippen molar-refractivity contribution in [2.75, 3.05) is 6.54 Å². The van der Waals surface area contributed by atoms with Gasteiger partial charge in [-0.3, -0.25) is 4.57 Å². The highest BCUT2D eigenvalue weighted by Crippen LogP contribution is 2.27. The standard InChI is InChI=1S/C18H20N4O/c23-16-9-2-1-8-15(16)22-17(12-13-6-3-4-10-19-13)21-14-7-5-11-20-18(14)22/h1-2,5,7-9,11,13,19,23H,3-4,6,10,12H2. The van der Waals surface area contributed by atoms with Crippen molar-refractivity contribution in [1.82, 2.24) is 19.9 Å². The first-order chi connectivity index (χ1) is 11.3. The van der Waals surface area contributed by atoms with E-state index in [4.69, 9.17) is 4.98 Å². The van der Waals surface area contributed by atoms with Gasteiger partial charge in [0.15, 0.2) is 5.65 Å². The van der Waals surface area contributed by atoms with Crippen molar-refractivity contribution in [1.29, 1.82) is 0 Å². The molecule has 0 spiro atoms. The first kappa shape index (κ1) is 14.2. The molecule has 1 unspecified atom stereocenters. The van der Waals surface area contributed by atoms with Crippen LogP contribution in [0.1, 0.15) is 25.1 Å². The molecule has 4 rings (SSSR count). The van der Waals surface area contributed by atoms with Crippen LogP contribution in [-0.4, -0.2) is 32.2 Å². The molecule has 3 heterocycles. The smallest absolute Gasteiger partial charge is 0.164 e. The predicted molar refractivity (Wildman–Crippen MR) is 89.9 cm³/mol. The van der Waals surface area contributed by atoms with Gasteiger partial charge >= 0.3 is 0 Å². The minimum atomic E-state index is 0.246. The summed E-state index contributed by atoms with van der Waals surface area (Å²) in [6.45, 7) is 1.07. The third kappa shape index (κ3) is 2.68. The summed E-state index contributed by atoms with van der Waals surface area (Å²) in [5.74, 6) is 1.19. The largest absolute Gasteiger partial charge is 0.506 e. The van der Waals surface area contributed by atoms with Gasteiger partial charge in [-0.2, -0.15) is 0 Å². The predicted octanol–water partition coefficient (Wildman–Crippen LogP) is 2.81. The molecule has 1 aromatic carbocycles. The summed E-state index contributed by atoms with van der Waals surface area (Å²) < 4.78 is 1.99. The number of nitrogens with zero attached hydrogens (tertiary/aromatic N) is 3. The molecule has 1 saturated heterocycles. The molecule has 3 aromatic rings. The van der Waals surface area contributed by atoms with Gasteiger partial charge in [0.25, 0.3) is 0 Å². The van der Waals surface area contributed by atoms with Crippen molar-refractivity contribution in [2.45, 2.75) is 31.7 Å². The monoisotopic (exact) mass is 308 g/mol. The zero-order chi connectivity index (χ0) is 15.6. The second-order valence-electron chi connectivity index (χ2n) is 6.05. The van der Waals surface area contributed by atoms with Gasteiger partial charge < -0.3 is 10.4 Å². The number of phenols is 1. The molecular weight excluding hydrogens is 288 g/mol. The van der Waals surface area contributed by atoms with Gasteiger partial charge in [-0.1, -0.05) is 18.6 Å². The van der Waals surface area contributed by atoms with Crippen molar-refractivity contribution in [2.24, 2.45) is 0 Å². The molecule has 0 bridgehead atoms. The van der Waals surface area contributed by atoms with Gasteiger partial charge in [0.05, 0.1) is 5.69 Å². The average molecular weight is 308 g/mol. The van der Waals surface area contributed by atoms with E-state index in [1.54, 1.807) is 12.3 Å². The van der Waals surface area contributed by atoms with Crippen LogP contribution < -0.4 is 5.32 Å². The molecule has 0 radical (unpaired) electrons. The lowest BCUT2D eigenvalue weighted by Gasteiger charge is -2.23. The maximum absolute atomic E-state index is 10.3. The first-order valence-corrected chi connectivity index (χ1v) is 8.17. The molecule has 0 aliphatic carbocycles. The van der Waals surface area contributed by atoms with Crippen LogP contribution in [0.15, 0.2) is 42.6 Å². The van der Waals surface area contributed by atoms with E-state index in [-0.39, 0.29) is 5.75 Å². The van der Waals surface area contributed by atoms with Crippen molar-refractivity contribution >= 4 is 11.2 Å². The van der Waals surface area contributed by atoms with Crippen LogP contribution in [0.25, 0.3) is 16.9 Å². The van der Waals surface area contributed by atoms with Gasteiger partial charge in [-0.05, 0) is 43.7 Å². The van der Waals surface area contributed by atoms with E-state index in [1.807, 2.05) is 34.9 Å². The summed E-state index contributed by atoms with van der Waals surface area (Å²) in [5.41, 5.74) is 2.39. The number of nitrogens with one attached hydrogen (secondary N) is 1. The normalized spacial score (nSPS) is 18.3. The van der Waals surface area contributed by atoms with E-state index in [0.717, 1.165) is 42.1 Å². The molecule has 1 atom stereocenters. The fourth-order valence-electron chi connectivity index (χ4n) is 3.32. The number of aromatic nitrogens is 3. The van der Waals surface area contributed by atoms with Gasteiger partial charge in [-0.15, -0.1) is 0 Å². The lowest BCUT2D eigenvalue weighted by Crippen LogP contribution is -2.36. The molecule has 5 nitrogen and oxygen atoms in total. The van der Waals surface area contributed by atoms with Gasteiger partial charge in [-0.25, -0.2) is 9.97 Å². The Bertz CT molecular complexity index is 821. The molecule has 23 heavy (non-hydrogen) atoms. The maximum atomic E-state index is 10.3. The lowest BCUT2D eigenvalue weighted by atomic mass is 10.0. The number of imidazole rings is 1. The second kappa shape index (κ2) is 6.01. The van der Waals surface area contributed by atoms with E-state index < -0.39 is 0 Å². The van der Waals surface area contributed by atoms with Crippen molar-refractivity contribution in [3.05, 3.63) is 48.4 Å². The fourth-order valence-corrected chi connectivity index (χ4v) is 3.32. The molecule has 1 fully saturated rings. The number of benzene rings is 1. The Morgan fingerprint density at radius 3 is 2.91 bits per heavy atom. The minimum absolute atomic E-state index is 0.246. The summed E-state index contributed by atoms with van der Waals surface area (Å²) in [6, 6.07) is 11.7. The number of pyridine rings is 1. The molecule has 1 aliphatic rings. The highest BCUT2D eigenvalue weighted by Gasteiger charge is 2.20. The Balaban J connectivity index is 1.83. The third-order valence-corrected chi connectivity index (χ3v) is 4.45. The van der Waals surface area contributed by atoms with Crippen molar-refractivity contribution in [3.8, 4) is 11.4 Å². The Labute approximate surface area is 135 Å². The van der Waals surface area contributed by atoms with Crippen LogP contribution in [0.3, 0.4) is 0 Å². The van der Waals surface area contributed by atoms with Gasteiger partial charge in [0.1, 0.15) is 17.1 Å². The summed E-state index contributed by atoms with van der Waals surface area (Å²) in [5, 5.41) is 13.8. The summed E-state index contributed by atoms with van der Waals surface area (Å²) in [7, 11) is 0. The number of piperidine rings is 1. The third-order valence-electron chi connectivity index (χ3n) is 4.45. The molecule has 1 aliphatic heterocycles. The van der Waals surface area contributed by atoms with Crippen LogP contribution in [-0.2, 0) is 6.42 Å². The van der Waals surface area contributed by atoms with E-state index in [1.165, 1.54) is 12.8 Å². The number of hydrogen-bond acceptors (Lipinski definition) is 4. The van der Waals surface area contributed by atoms with E-state index in [9.17, 15) is 5.11 Å². The molecule has 5 heteroatoms. The first-order valence-electron chi connectivity index (χ1n) is 8.17. The zero-order valence-electron chi connectivity index (χ0n) is 12.9. The number of aromatic hydroxyl groups is 1. The Morgan fingerprint density at radius 1 is 1.17 bits per heavy atom. The molecular formula is C18H20N4O. The Hall–Kier alpha value is -2.40. The van der Waals surface area contributed by atoms with Crippen LogP contribution in [0.2, 0.25) is 0 Å². The fraction of sp³-hybridized carbons (Fsp3) is 0.333. The maximum Gasteiger partial charge on any atom is 0.164 e. The molecule has 118 valence electrons. The second-order valence-corrected chi connectivity index (χ2v) is 6.05. The van der Waals surface area contributed by atoms with E-state index >= 15 is 0 Å². The molecule has 0 saturated carbocycles. The van der Waals surface area contributed by atoms with Gasteiger partial charge in [0, 0.05) is 18.7 Å². The zero-order valence-corrected chi connectivity index (χ0v) is 12.9. The van der Waals surface area contributed by atoms with Crippen molar-refractivity contribution in [3.63, 3.8) is 0 Å². The van der Waals surface area contributed by atoms with E-state index in [2.05, 4.69) is 10.3 Å². The number of hydrogen-bond donors (Lipinski definition) is 2. The number of phenolic OH excluding ortho intramolecular Hbond substituents is 1. The SMILES string of the molecule is Oc1ccccc1-n1c(CC2CCCCN2)nc2cccnc21. The summed E-state index contributed by atoms with van der Waals surface area (Å²) in [6.07, 6.45) is 6.27. The summed E-state index contributed by atoms with van der Waals surface area (Å²) in [4.78, 5) is 9.25. The van der Waals surface area contributed by atoms with Gasteiger partial charge in [0.2, 0.25) is 0 Å². The highest BCUT2D eigenvalue weighted by atomic mass is 16.3. The van der Waals surface area contributed by atoms with Crippen LogP contribution >= 0.6 is 0 Å². The van der Waals surface area contributed by atoms with Crippen LogP contribution in [0.5, 0.6) is 5.75 Å². The average Bonchev–Trinajstić information content (AvgIpc) is 2.94. The topological polar surface area (TPSA) is 63.0 Å². The lowest BCUT2D eigenvalue weighted by molar-refractivity contribution is 0.393. The highest BCUT2D eigenvalue weighted by molar-refractivity contribution is 5.74. The number of para-hydroxylation sites is 2. The van der Waals surface area contributed by atoms with Crippen LogP contribution in [0, 0.1) is 0 Å². The number of fused-ring (bicyclic) bond motifs is 1. The molecule has 2 N–H and O–H groups in total. The molecule has 2 aromatic heterocycles. The quantitative estimate of drug-likeness (QED) is 0.781. The van der Waals surface area contributed by atoms with Crippen molar-refractivity contribution < 1.29 is 5.11 Å². The van der Waals surface area contributed by atoms with E-state index in [0.29, 0.717) is 6.04 Å². The molecule has 0 amide bonds. The number of rotatable bonds is 3. The minimum Gasteiger partial charge on any atom is -0.506 e. The van der Waals surface area contributed by atoms with Crippen LogP contribution in [0.4, 0.5) is 0 Å². The Morgan fingerprint density at radius 2 is 2.09 bits per heavy atom. The summed E-state index contributed by atoms with van der Waals surface area (Å²) >= 11 is 0. The Kier molecular flexibility index (Phi) is 3.71.